The molecule has 222 valence electrons. The number of halogens is 6. The number of fused-ring (bicyclic) bond motifs is 2. The van der Waals surface area contributed by atoms with Gasteiger partial charge in [0.25, 0.3) is 0 Å². The van der Waals surface area contributed by atoms with E-state index < -0.39 is 72.9 Å². The highest BCUT2D eigenvalue weighted by molar-refractivity contribution is 8.02. The zero-order valence-corrected chi connectivity index (χ0v) is 24.3. The Kier molecular flexibility index (Phi) is 7.10. The molecule has 2 N–H and O–H groups in total. The van der Waals surface area contributed by atoms with Crippen LogP contribution in [0.2, 0.25) is 10.0 Å². The molecule has 0 aromatic heterocycles. The van der Waals surface area contributed by atoms with Crippen LogP contribution in [0.1, 0.15) is 49.4 Å². The van der Waals surface area contributed by atoms with Crippen molar-refractivity contribution in [3.63, 3.8) is 0 Å². The SMILES string of the molecule is CC(C)(C)OC(=O)N1CC2(C1)OCc1cc(C3(O)CC(c4cc(Cl)c(F)c(Cl)c4)(C(F)(F)F)SC3C(=O)O)ccc12. The van der Waals surface area contributed by atoms with Crippen LogP contribution in [0.25, 0.3) is 0 Å². The monoisotopic (exact) mass is 637 g/mol. The quantitative estimate of drug-likeness (QED) is 0.299. The highest BCUT2D eigenvalue weighted by Gasteiger charge is 2.69. The van der Waals surface area contributed by atoms with Crippen LogP contribution in [0.3, 0.4) is 0 Å². The molecule has 3 aliphatic rings. The molecule has 0 bridgehead atoms. The van der Waals surface area contributed by atoms with Crippen LogP contribution in [-0.4, -0.2) is 57.3 Å². The lowest BCUT2D eigenvalue weighted by Gasteiger charge is -2.47. The molecule has 7 nitrogen and oxygen atoms in total. The van der Waals surface area contributed by atoms with Crippen molar-refractivity contribution in [3.05, 3.63) is 68.4 Å². The van der Waals surface area contributed by atoms with Crippen molar-refractivity contribution in [3.8, 4) is 0 Å². The summed E-state index contributed by atoms with van der Waals surface area (Å²) in [4.78, 5) is 26.2. The van der Waals surface area contributed by atoms with Gasteiger partial charge in [-0.15, -0.1) is 11.8 Å². The summed E-state index contributed by atoms with van der Waals surface area (Å²) in [6.45, 7) is 5.65. The van der Waals surface area contributed by atoms with Crippen LogP contribution in [0.4, 0.5) is 22.4 Å². The number of thioether (sulfide) groups is 1. The maximum atomic E-state index is 14.8. The number of aliphatic carboxylic acids is 1. The van der Waals surface area contributed by atoms with Crippen LogP contribution < -0.4 is 0 Å². The van der Waals surface area contributed by atoms with Crippen molar-refractivity contribution >= 4 is 47.0 Å². The van der Waals surface area contributed by atoms with Crippen LogP contribution in [-0.2, 0) is 36.8 Å². The number of carboxylic acid groups (broad SMARTS) is 1. The maximum Gasteiger partial charge on any atom is 0.410 e. The van der Waals surface area contributed by atoms with Gasteiger partial charge in [0, 0.05) is 6.42 Å². The first-order chi connectivity index (χ1) is 18.8. The Morgan fingerprint density at radius 3 is 2.24 bits per heavy atom. The Bertz CT molecular complexity index is 1420. The first-order valence-electron chi connectivity index (χ1n) is 12.4. The van der Waals surface area contributed by atoms with Crippen molar-refractivity contribution in [1.29, 1.82) is 0 Å². The predicted octanol–water partition coefficient (Wildman–Crippen LogP) is 6.34. The molecule has 1 spiro atoms. The lowest BCUT2D eigenvalue weighted by molar-refractivity contribution is -0.173. The fraction of sp³-hybridized carbons (Fsp3) is 0.481. The van der Waals surface area contributed by atoms with Crippen molar-refractivity contribution in [1.82, 2.24) is 4.90 Å². The number of benzene rings is 2. The van der Waals surface area contributed by atoms with Gasteiger partial charge in [0.1, 0.15) is 26.8 Å². The average molecular weight is 638 g/mol. The number of aliphatic hydroxyl groups is 1. The minimum Gasteiger partial charge on any atom is -0.480 e. The van der Waals surface area contributed by atoms with E-state index in [4.69, 9.17) is 32.7 Å². The predicted molar refractivity (Wildman–Crippen MR) is 142 cm³/mol. The zero-order valence-electron chi connectivity index (χ0n) is 21.9. The average Bonchev–Trinajstić information content (AvgIpc) is 3.37. The maximum absolute atomic E-state index is 14.8. The highest BCUT2D eigenvalue weighted by atomic mass is 35.5. The van der Waals surface area contributed by atoms with Crippen molar-refractivity contribution in [2.45, 2.75) is 66.8 Å². The summed E-state index contributed by atoms with van der Waals surface area (Å²) in [6, 6.07) is 5.89. The summed E-state index contributed by atoms with van der Waals surface area (Å²) in [7, 11) is 0. The topological polar surface area (TPSA) is 96.3 Å². The van der Waals surface area contributed by atoms with Gasteiger partial charge in [-0.3, -0.25) is 4.79 Å². The summed E-state index contributed by atoms with van der Waals surface area (Å²) in [5.41, 5.74) is -3.42. The minimum atomic E-state index is -5.08. The second-order valence-corrected chi connectivity index (χ2v) is 13.7. The molecule has 1 amide bonds. The Hall–Kier alpha value is -2.25. The van der Waals surface area contributed by atoms with E-state index in [0.717, 1.165) is 12.1 Å². The van der Waals surface area contributed by atoms with Crippen molar-refractivity contribution < 1.29 is 46.8 Å². The van der Waals surface area contributed by atoms with Crippen LogP contribution >= 0.6 is 35.0 Å². The molecule has 14 heteroatoms. The number of likely N-dealkylation sites (tertiary alicyclic amines) is 1. The summed E-state index contributed by atoms with van der Waals surface area (Å²) in [5.74, 6) is -2.78. The molecule has 3 atom stereocenters. The van der Waals surface area contributed by atoms with Crippen molar-refractivity contribution in [2.24, 2.45) is 0 Å². The Balaban J connectivity index is 1.50. The molecule has 0 aliphatic carbocycles. The number of rotatable bonds is 3. The van der Waals surface area contributed by atoms with E-state index in [0.29, 0.717) is 11.1 Å². The van der Waals surface area contributed by atoms with Gasteiger partial charge in [-0.05, 0) is 55.2 Å². The Morgan fingerprint density at radius 2 is 1.71 bits per heavy atom. The first kappa shape index (κ1) is 30.2. The molecule has 0 radical (unpaired) electrons. The van der Waals surface area contributed by atoms with Crippen LogP contribution in [0.5, 0.6) is 0 Å². The third-order valence-electron chi connectivity index (χ3n) is 7.55. The van der Waals surface area contributed by atoms with Gasteiger partial charge in [0.2, 0.25) is 0 Å². The van der Waals surface area contributed by atoms with Gasteiger partial charge in [-0.2, -0.15) is 13.2 Å². The summed E-state index contributed by atoms with van der Waals surface area (Å²) in [5, 5.41) is 18.4. The third kappa shape index (κ3) is 4.85. The highest BCUT2D eigenvalue weighted by Crippen LogP contribution is 2.65. The van der Waals surface area contributed by atoms with E-state index in [1.165, 1.54) is 17.0 Å². The Labute approximate surface area is 246 Å². The number of hydrogen-bond donors (Lipinski definition) is 2. The van der Waals surface area contributed by atoms with Gasteiger partial charge >= 0.3 is 18.2 Å². The molecular formula is C27H25Cl2F4NO6S. The first-order valence-corrected chi connectivity index (χ1v) is 14.1. The molecular weight excluding hydrogens is 613 g/mol. The molecule has 5 rings (SSSR count). The smallest absolute Gasteiger partial charge is 0.410 e. The molecule has 2 aromatic carbocycles. The van der Waals surface area contributed by atoms with Gasteiger partial charge < -0.3 is 24.6 Å². The van der Waals surface area contributed by atoms with E-state index in [9.17, 15) is 37.4 Å². The number of carbonyl (C=O) groups is 2. The number of nitrogens with zero attached hydrogens (tertiary/aromatic N) is 1. The number of alkyl halides is 3. The fourth-order valence-corrected chi connectivity index (χ4v) is 7.71. The molecule has 3 aliphatic heterocycles. The fourth-order valence-electron chi connectivity index (χ4n) is 5.62. The lowest BCUT2D eigenvalue weighted by Crippen LogP contribution is -2.61. The van der Waals surface area contributed by atoms with E-state index in [-0.39, 0.29) is 37.0 Å². The number of carbonyl (C=O) groups excluding carboxylic acids is 1. The number of hydrogen-bond acceptors (Lipinski definition) is 6. The zero-order chi connectivity index (χ0) is 30.3. The van der Waals surface area contributed by atoms with E-state index in [2.05, 4.69) is 0 Å². The van der Waals surface area contributed by atoms with Crippen molar-refractivity contribution in [2.75, 3.05) is 13.1 Å². The molecule has 3 unspecified atom stereocenters. The molecule has 2 fully saturated rings. The van der Waals surface area contributed by atoms with Gasteiger partial charge in [0.15, 0.2) is 5.82 Å². The molecule has 41 heavy (non-hydrogen) atoms. The second-order valence-electron chi connectivity index (χ2n) is 11.5. The molecule has 2 saturated heterocycles. The standard InChI is InChI=1S/C27H25Cl2F4NO6S/c1-23(2,3)40-22(37)34-11-24(12-34)16-5-4-14(6-13(16)9-39-24)25(38)10-26(27(31,32)33,41-20(25)21(35)36)15-7-17(28)19(30)18(29)8-15/h4-8,20,38H,9-12H2,1-3H3,(H,35,36). The summed E-state index contributed by atoms with van der Waals surface area (Å²) < 4.78 is 66.8. The lowest BCUT2D eigenvalue weighted by atomic mass is 9.77. The summed E-state index contributed by atoms with van der Waals surface area (Å²) in [6.07, 6.45) is -6.69. The Morgan fingerprint density at radius 1 is 1.10 bits per heavy atom. The van der Waals surface area contributed by atoms with Crippen LogP contribution in [0.15, 0.2) is 30.3 Å². The van der Waals surface area contributed by atoms with Gasteiger partial charge in [-0.1, -0.05) is 41.4 Å². The molecule has 2 aromatic rings. The second kappa shape index (κ2) is 9.63. The van der Waals surface area contributed by atoms with E-state index in [1.807, 2.05) is 0 Å². The minimum absolute atomic E-state index is 0.00435. The molecule has 0 saturated carbocycles. The normalized spacial score (nSPS) is 27.1. The number of carboxylic acids is 1. The van der Waals surface area contributed by atoms with E-state index in [1.54, 1.807) is 26.8 Å². The number of amides is 1. The number of ether oxygens (including phenoxy) is 2. The van der Waals surface area contributed by atoms with Crippen LogP contribution in [0, 0.1) is 5.82 Å². The van der Waals surface area contributed by atoms with E-state index >= 15 is 0 Å². The largest absolute Gasteiger partial charge is 0.480 e. The van der Waals surface area contributed by atoms with Gasteiger partial charge in [0.05, 0.1) is 29.7 Å². The van der Waals surface area contributed by atoms with Gasteiger partial charge in [-0.25, -0.2) is 9.18 Å². The molecule has 3 heterocycles. The summed E-state index contributed by atoms with van der Waals surface area (Å²) >= 11 is 11.6. The third-order valence-corrected chi connectivity index (χ3v) is 9.94.